The summed E-state index contributed by atoms with van der Waals surface area (Å²) in [5, 5.41) is 9.69. The van der Waals surface area contributed by atoms with Crippen molar-refractivity contribution in [3.05, 3.63) is 0 Å². The van der Waals surface area contributed by atoms with Gasteiger partial charge in [0.15, 0.2) is 0 Å². The standard InChI is InChI=1S/C12H22F3NO2/c1-9(2)18-8-11(17)7-16-5-3-4-10(6-16)12(13,14)15/h9-11,17H,3-8H2,1-2H3/t10-,11+/m1/s1. The van der Waals surface area contributed by atoms with Gasteiger partial charge in [-0.2, -0.15) is 13.2 Å². The van der Waals surface area contributed by atoms with Crippen LogP contribution in [-0.2, 0) is 4.74 Å². The second-order valence-electron chi connectivity index (χ2n) is 5.18. The number of halogens is 3. The van der Waals surface area contributed by atoms with Crippen molar-refractivity contribution in [3.63, 3.8) is 0 Å². The van der Waals surface area contributed by atoms with Gasteiger partial charge in [-0.15, -0.1) is 0 Å². The molecule has 0 unspecified atom stereocenters. The summed E-state index contributed by atoms with van der Waals surface area (Å²) in [5.41, 5.74) is 0. The Hall–Kier alpha value is -0.330. The van der Waals surface area contributed by atoms with E-state index >= 15 is 0 Å². The van der Waals surface area contributed by atoms with E-state index in [9.17, 15) is 18.3 Å². The fraction of sp³-hybridized carbons (Fsp3) is 1.00. The molecule has 0 saturated carbocycles. The van der Waals surface area contributed by atoms with E-state index in [2.05, 4.69) is 0 Å². The van der Waals surface area contributed by atoms with Crippen LogP contribution in [0.1, 0.15) is 26.7 Å². The molecule has 3 nitrogen and oxygen atoms in total. The van der Waals surface area contributed by atoms with Gasteiger partial charge in [-0.3, -0.25) is 0 Å². The van der Waals surface area contributed by atoms with Crippen LogP contribution in [-0.4, -0.2) is 54.6 Å². The normalized spacial score (nSPS) is 24.5. The summed E-state index contributed by atoms with van der Waals surface area (Å²) in [6.07, 6.45) is -4.11. The Morgan fingerprint density at radius 3 is 2.61 bits per heavy atom. The van der Waals surface area contributed by atoms with Crippen molar-refractivity contribution in [1.29, 1.82) is 0 Å². The average Bonchev–Trinajstić information content (AvgIpc) is 2.25. The second-order valence-corrected chi connectivity index (χ2v) is 5.18. The maximum Gasteiger partial charge on any atom is 0.393 e. The Kier molecular flexibility index (Phi) is 5.88. The Labute approximate surface area is 106 Å². The molecule has 1 aliphatic rings. The molecule has 1 rings (SSSR count). The lowest BCUT2D eigenvalue weighted by Gasteiger charge is -2.34. The van der Waals surface area contributed by atoms with E-state index in [4.69, 9.17) is 4.74 Å². The van der Waals surface area contributed by atoms with Crippen LogP contribution in [0.5, 0.6) is 0 Å². The van der Waals surface area contributed by atoms with Crippen LogP contribution in [0.15, 0.2) is 0 Å². The third kappa shape index (κ3) is 5.54. The predicted molar refractivity (Wildman–Crippen MR) is 62.3 cm³/mol. The molecule has 0 aliphatic carbocycles. The molecule has 1 N–H and O–H groups in total. The monoisotopic (exact) mass is 269 g/mol. The molecule has 0 spiro atoms. The van der Waals surface area contributed by atoms with Crippen molar-refractivity contribution in [2.75, 3.05) is 26.2 Å². The number of hydrogen-bond acceptors (Lipinski definition) is 3. The van der Waals surface area contributed by atoms with Crippen molar-refractivity contribution in [2.24, 2.45) is 5.92 Å². The van der Waals surface area contributed by atoms with E-state index in [-0.39, 0.29) is 32.2 Å². The number of piperidine rings is 1. The molecular formula is C12H22F3NO2. The highest BCUT2D eigenvalue weighted by molar-refractivity contribution is 4.79. The molecular weight excluding hydrogens is 247 g/mol. The number of nitrogens with zero attached hydrogens (tertiary/aromatic N) is 1. The highest BCUT2D eigenvalue weighted by Gasteiger charge is 2.41. The van der Waals surface area contributed by atoms with Gasteiger partial charge < -0.3 is 14.7 Å². The Morgan fingerprint density at radius 2 is 2.06 bits per heavy atom. The lowest BCUT2D eigenvalue weighted by molar-refractivity contribution is -0.187. The van der Waals surface area contributed by atoms with Gasteiger partial charge in [0.1, 0.15) is 0 Å². The summed E-state index contributed by atoms with van der Waals surface area (Å²) < 4.78 is 43.0. The molecule has 108 valence electrons. The molecule has 1 fully saturated rings. The summed E-state index contributed by atoms with van der Waals surface area (Å²) >= 11 is 0. The number of rotatable bonds is 5. The Bertz CT molecular complexity index is 246. The van der Waals surface area contributed by atoms with E-state index in [1.165, 1.54) is 0 Å². The molecule has 1 saturated heterocycles. The van der Waals surface area contributed by atoms with E-state index < -0.39 is 18.2 Å². The van der Waals surface area contributed by atoms with Gasteiger partial charge in [0.05, 0.1) is 24.7 Å². The number of β-amino-alcohol motifs (C(OH)–C–C–N with tert-alkyl or cyclic N) is 1. The third-order valence-electron chi connectivity index (χ3n) is 3.06. The molecule has 6 heteroatoms. The minimum Gasteiger partial charge on any atom is -0.389 e. The molecule has 1 aliphatic heterocycles. The van der Waals surface area contributed by atoms with E-state index in [0.29, 0.717) is 13.0 Å². The largest absolute Gasteiger partial charge is 0.393 e. The maximum absolute atomic E-state index is 12.6. The van der Waals surface area contributed by atoms with Crippen molar-refractivity contribution < 1.29 is 23.0 Å². The van der Waals surface area contributed by atoms with Gasteiger partial charge in [0.25, 0.3) is 0 Å². The van der Waals surface area contributed by atoms with Gasteiger partial charge in [0.2, 0.25) is 0 Å². The summed E-state index contributed by atoms with van der Waals surface area (Å²) in [5.74, 6) is -1.26. The molecule has 0 aromatic carbocycles. The molecule has 0 amide bonds. The second kappa shape index (κ2) is 6.73. The third-order valence-corrected chi connectivity index (χ3v) is 3.06. The van der Waals surface area contributed by atoms with Crippen LogP contribution in [0.2, 0.25) is 0 Å². The first kappa shape index (κ1) is 15.7. The first-order chi connectivity index (χ1) is 8.29. The summed E-state index contributed by atoms with van der Waals surface area (Å²) in [6, 6.07) is 0. The fourth-order valence-electron chi connectivity index (χ4n) is 2.14. The highest BCUT2D eigenvalue weighted by Crippen LogP contribution is 2.33. The smallest absolute Gasteiger partial charge is 0.389 e. The lowest BCUT2D eigenvalue weighted by atomic mass is 9.97. The topological polar surface area (TPSA) is 32.7 Å². The zero-order valence-electron chi connectivity index (χ0n) is 10.9. The Morgan fingerprint density at radius 1 is 1.39 bits per heavy atom. The van der Waals surface area contributed by atoms with Crippen molar-refractivity contribution in [3.8, 4) is 0 Å². The van der Waals surface area contributed by atoms with Crippen LogP contribution >= 0.6 is 0 Å². The van der Waals surface area contributed by atoms with Crippen molar-refractivity contribution >= 4 is 0 Å². The first-order valence-electron chi connectivity index (χ1n) is 6.37. The van der Waals surface area contributed by atoms with Gasteiger partial charge in [-0.25, -0.2) is 0 Å². The van der Waals surface area contributed by atoms with Crippen LogP contribution < -0.4 is 0 Å². The molecule has 18 heavy (non-hydrogen) atoms. The van der Waals surface area contributed by atoms with E-state index in [1.54, 1.807) is 4.90 Å². The van der Waals surface area contributed by atoms with Crippen molar-refractivity contribution in [1.82, 2.24) is 4.90 Å². The molecule has 0 bridgehead atoms. The zero-order valence-corrected chi connectivity index (χ0v) is 10.9. The lowest BCUT2D eigenvalue weighted by Crippen LogP contribution is -2.45. The van der Waals surface area contributed by atoms with Crippen LogP contribution in [0.25, 0.3) is 0 Å². The highest BCUT2D eigenvalue weighted by atomic mass is 19.4. The number of alkyl halides is 3. The van der Waals surface area contributed by atoms with E-state index in [0.717, 1.165) is 0 Å². The van der Waals surface area contributed by atoms with Crippen LogP contribution in [0.4, 0.5) is 13.2 Å². The average molecular weight is 269 g/mol. The van der Waals surface area contributed by atoms with Crippen LogP contribution in [0, 0.1) is 5.92 Å². The summed E-state index contributed by atoms with van der Waals surface area (Å²) in [7, 11) is 0. The zero-order chi connectivity index (χ0) is 13.8. The first-order valence-corrected chi connectivity index (χ1v) is 6.37. The number of aliphatic hydroxyl groups excluding tert-OH is 1. The number of aliphatic hydroxyl groups is 1. The SMILES string of the molecule is CC(C)OC[C@@H](O)CN1CCC[C@@H](C(F)(F)F)C1. The molecule has 2 atom stereocenters. The predicted octanol–water partition coefficient (Wildman–Crippen LogP) is 2.05. The molecule has 0 radical (unpaired) electrons. The number of likely N-dealkylation sites (tertiary alicyclic amines) is 1. The molecule has 0 aromatic heterocycles. The van der Waals surface area contributed by atoms with Gasteiger partial charge in [0, 0.05) is 13.1 Å². The van der Waals surface area contributed by atoms with Gasteiger partial charge in [-0.05, 0) is 33.2 Å². The molecule has 1 heterocycles. The molecule has 0 aromatic rings. The minimum absolute atomic E-state index is 0.0117. The minimum atomic E-state index is -4.13. The quantitative estimate of drug-likeness (QED) is 0.829. The van der Waals surface area contributed by atoms with E-state index in [1.807, 2.05) is 13.8 Å². The maximum atomic E-state index is 12.6. The van der Waals surface area contributed by atoms with Gasteiger partial charge >= 0.3 is 6.18 Å². The summed E-state index contributed by atoms with van der Waals surface area (Å²) in [6.45, 7) is 4.73. The number of ether oxygens (including phenoxy) is 1. The number of hydrogen-bond donors (Lipinski definition) is 1. The fourth-order valence-corrected chi connectivity index (χ4v) is 2.14. The van der Waals surface area contributed by atoms with Crippen molar-refractivity contribution in [2.45, 2.75) is 45.1 Å². The summed E-state index contributed by atoms with van der Waals surface area (Å²) in [4.78, 5) is 1.68. The van der Waals surface area contributed by atoms with Gasteiger partial charge in [-0.1, -0.05) is 0 Å². The van der Waals surface area contributed by atoms with Crippen LogP contribution in [0.3, 0.4) is 0 Å². The Balaban J connectivity index is 2.33.